The molecule has 0 aromatic heterocycles. The van der Waals surface area contributed by atoms with E-state index in [4.69, 9.17) is 5.11 Å². The molecule has 118 valence electrons. The summed E-state index contributed by atoms with van der Waals surface area (Å²) >= 11 is 0. The molecule has 2 aliphatic rings. The maximum absolute atomic E-state index is 11.7. The lowest BCUT2D eigenvalue weighted by atomic mass is 9.66. The Labute approximate surface area is 124 Å². The average molecular weight is 296 g/mol. The van der Waals surface area contributed by atoms with Crippen LogP contribution in [-0.4, -0.2) is 36.0 Å². The van der Waals surface area contributed by atoms with Gasteiger partial charge < -0.3 is 15.7 Å². The smallest absolute Gasteiger partial charge is 0.303 e. The van der Waals surface area contributed by atoms with Crippen molar-refractivity contribution in [1.29, 1.82) is 0 Å². The molecule has 0 bridgehead atoms. The van der Waals surface area contributed by atoms with Crippen LogP contribution in [-0.2, 0) is 14.4 Å². The molecule has 0 spiro atoms. The molecular weight excluding hydrogens is 272 g/mol. The average Bonchev–Trinajstić information content (AvgIpc) is 3.09. The number of carboxylic acid groups (broad SMARTS) is 1. The third kappa shape index (κ3) is 4.44. The number of rotatable bonds is 8. The van der Waals surface area contributed by atoms with E-state index in [1.54, 1.807) is 0 Å². The predicted molar refractivity (Wildman–Crippen MR) is 76.4 cm³/mol. The van der Waals surface area contributed by atoms with Crippen LogP contribution in [0.5, 0.6) is 0 Å². The number of amides is 2. The van der Waals surface area contributed by atoms with E-state index in [2.05, 4.69) is 10.6 Å². The van der Waals surface area contributed by atoms with Crippen LogP contribution in [0, 0.1) is 17.3 Å². The van der Waals surface area contributed by atoms with Gasteiger partial charge in [-0.15, -0.1) is 0 Å². The fourth-order valence-electron chi connectivity index (χ4n) is 2.91. The summed E-state index contributed by atoms with van der Waals surface area (Å²) in [4.78, 5) is 34.2. The molecule has 6 heteroatoms. The molecule has 0 aromatic carbocycles. The van der Waals surface area contributed by atoms with E-state index >= 15 is 0 Å². The molecule has 2 atom stereocenters. The fourth-order valence-corrected chi connectivity index (χ4v) is 2.91. The molecule has 2 amide bonds. The van der Waals surface area contributed by atoms with Gasteiger partial charge in [0, 0.05) is 25.4 Å². The second-order valence-electron chi connectivity index (χ2n) is 6.56. The van der Waals surface area contributed by atoms with Crippen molar-refractivity contribution in [2.75, 3.05) is 13.1 Å². The third-order valence-electron chi connectivity index (χ3n) is 4.70. The van der Waals surface area contributed by atoms with Crippen LogP contribution in [0.2, 0.25) is 0 Å². The van der Waals surface area contributed by atoms with E-state index in [0.29, 0.717) is 19.0 Å². The van der Waals surface area contributed by atoms with Gasteiger partial charge in [-0.25, -0.2) is 0 Å². The first-order valence-corrected chi connectivity index (χ1v) is 7.68. The zero-order valence-corrected chi connectivity index (χ0v) is 12.5. The number of hydrogen-bond acceptors (Lipinski definition) is 3. The van der Waals surface area contributed by atoms with Crippen LogP contribution in [0.1, 0.15) is 45.4 Å². The van der Waals surface area contributed by atoms with Gasteiger partial charge in [0.05, 0.1) is 6.42 Å². The molecule has 2 saturated carbocycles. The van der Waals surface area contributed by atoms with E-state index in [-0.39, 0.29) is 36.0 Å². The Morgan fingerprint density at radius 1 is 1.24 bits per heavy atom. The molecule has 3 N–H and O–H groups in total. The molecule has 2 fully saturated rings. The summed E-state index contributed by atoms with van der Waals surface area (Å²) in [7, 11) is 0. The molecule has 0 aliphatic heterocycles. The number of carbonyl (C=O) groups is 3. The largest absolute Gasteiger partial charge is 0.481 e. The zero-order chi connectivity index (χ0) is 15.5. The summed E-state index contributed by atoms with van der Waals surface area (Å²) in [6, 6.07) is 0. The standard InChI is InChI=1S/C15H24N2O4/c1-10-7-11(10)14(21)16-6-3-12(18)17-9-15(4-2-5-15)8-13(19)20/h10-11H,2-9H2,1H3,(H,16,21)(H,17,18)(H,19,20). The van der Waals surface area contributed by atoms with Gasteiger partial charge in [0.15, 0.2) is 0 Å². The number of aliphatic carboxylic acids is 1. The Balaban J connectivity index is 1.61. The molecule has 21 heavy (non-hydrogen) atoms. The van der Waals surface area contributed by atoms with Crippen molar-refractivity contribution in [3.63, 3.8) is 0 Å². The normalized spacial score (nSPS) is 25.6. The molecule has 2 rings (SSSR count). The van der Waals surface area contributed by atoms with Crippen LogP contribution in [0.15, 0.2) is 0 Å². The zero-order valence-electron chi connectivity index (χ0n) is 12.5. The first kappa shape index (κ1) is 15.8. The van der Waals surface area contributed by atoms with Gasteiger partial charge in [-0.05, 0) is 30.6 Å². The maximum atomic E-state index is 11.7. The molecule has 0 aromatic rings. The van der Waals surface area contributed by atoms with Crippen molar-refractivity contribution in [1.82, 2.24) is 10.6 Å². The minimum absolute atomic E-state index is 0.0386. The van der Waals surface area contributed by atoms with Gasteiger partial charge in [0.1, 0.15) is 0 Å². The van der Waals surface area contributed by atoms with Gasteiger partial charge >= 0.3 is 5.97 Å². The van der Waals surface area contributed by atoms with E-state index < -0.39 is 5.97 Å². The first-order chi connectivity index (χ1) is 9.92. The molecule has 2 unspecified atom stereocenters. The lowest BCUT2D eigenvalue weighted by molar-refractivity contribution is -0.142. The highest BCUT2D eigenvalue weighted by atomic mass is 16.4. The predicted octanol–water partition coefficient (Wildman–Crippen LogP) is 0.910. The SMILES string of the molecule is CC1CC1C(=O)NCCC(=O)NCC1(CC(=O)O)CCC1. The summed E-state index contributed by atoms with van der Waals surface area (Å²) in [5.74, 6) is -0.308. The second kappa shape index (κ2) is 6.45. The first-order valence-electron chi connectivity index (χ1n) is 7.68. The van der Waals surface area contributed by atoms with Gasteiger partial charge in [-0.3, -0.25) is 14.4 Å². The van der Waals surface area contributed by atoms with Crippen LogP contribution in [0.25, 0.3) is 0 Å². The fraction of sp³-hybridized carbons (Fsp3) is 0.800. The molecule has 0 saturated heterocycles. The monoisotopic (exact) mass is 296 g/mol. The number of nitrogens with one attached hydrogen (secondary N) is 2. The van der Waals surface area contributed by atoms with Gasteiger partial charge in [0.25, 0.3) is 0 Å². The molecule has 2 aliphatic carbocycles. The summed E-state index contributed by atoms with van der Waals surface area (Å²) in [6.45, 7) is 2.81. The Morgan fingerprint density at radius 3 is 2.38 bits per heavy atom. The van der Waals surface area contributed by atoms with Crippen LogP contribution in [0.4, 0.5) is 0 Å². The summed E-state index contributed by atoms with van der Waals surface area (Å²) < 4.78 is 0. The van der Waals surface area contributed by atoms with Crippen molar-refractivity contribution < 1.29 is 19.5 Å². The lowest BCUT2D eigenvalue weighted by Crippen LogP contribution is -2.44. The quantitative estimate of drug-likeness (QED) is 0.620. The maximum Gasteiger partial charge on any atom is 0.303 e. The van der Waals surface area contributed by atoms with Gasteiger partial charge in [-0.2, -0.15) is 0 Å². The lowest BCUT2D eigenvalue weighted by Gasteiger charge is -2.40. The van der Waals surface area contributed by atoms with E-state index in [0.717, 1.165) is 25.7 Å². The number of hydrogen-bond donors (Lipinski definition) is 3. The number of carbonyl (C=O) groups excluding carboxylic acids is 2. The minimum Gasteiger partial charge on any atom is -0.481 e. The summed E-state index contributed by atoms with van der Waals surface area (Å²) in [5.41, 5.74) is -0.256. The van der Waals surface area contributed by atoms with Gasteiger partial charge in [-0.1, -0.05) is 13.3 Å². The Morgan fingerprint density at radius 2 is 1.90 bits per heavy atom. The van der Waals surface area contributed by atoms with Crippen LogP contribution < -0.4 is 10.6 Å². The van der Waals surface area contributed by atoms with Crippen LogP contribution >= 0.6 is 0 Å². The highest BCUT2D eigenvalue weighted by Crippen LogP contribution is 2.43. The molecular formula is C15H24N2O4. The Kier molecular flexibility index (Phi) is 4.85. The topological polar surface area (TPSA) is 95.5 Å². The third-order valence-corrected chi connectivity index (χ3v) is 4.70. The van der Waals surface area contributed by atoms with Crippen LogP contribution in [0.3, 0.4) is 0 Å². The molecule has 6 nitrogen and oxygen atoms in total. The highest BCUT2D eigenvalue weighted by molar-refractivity contribution is 5.82. The highest BCUT2D eigenvalue weighted by Gasteiger charge is 2.40. The van der Waals surface area contributed by atoms with Crippen molar-refractivity contribution in [2.24, 2.45) is 17.3 Å². The molecule has 0 radical (unpaired) electrons. The Bertz CT molecular complexity index is 431. The second-order valence-corrected chi connectivity index (χ2v) is 6.56. The van der Waals surface area contributed by atoms with Crippen molar-refractivity contribution >= 4 is 17.8 Å². The van der Waals surface area contributed by atoms with Gasteiger partial charge in [0.2, 0.25) is 11.8 Å². The Hall–Kier alpha value is -1.59. The van der Waals surface area contributed by atoms with E-state index in [1.165, 1.54) is 0 Å². The van der Waals surface area contributed by atoms with E-state index in [1.807, 2.05) is 6.92 Å². The minimum atomic E-state index is -0.810. The molecule has 0 heterocycles. The summed E-state index contributed by atoms with van der Waals surface area (Å²) in [5, 5.41) is 14.5. The number of carboxylic acids is 1. The summed E-state index contributed by atoms with van der Waals surface area (Å²) in [6.07, 6.45) is 4.04. The van der Waals surface area contributed by atoms with Crippen molar-refractivity contribution in [2.45, 2.75) is 45.4 Å². The van der Waals surface area contributed by atoms with Crippen molar-refractivity contribution in [3.8, 4) is 0 Å². The van der Waals surface area contributed by atoms with Crippen molar-refractivity contribution in [3.05, 3.63) is 0 Å². The van der Waals surface area contributed by atoms with E-state index in [9.17, 15) is 14.4 Å².